The van der Waals surface area contributed by atoms with Gasteiger partial charge in [-0.1, -0.05) is 36.4 Å². The third-order valence-corrected chi connectivity index (χ3v) is 3.63. The van der Waals surface area contributed by atoms with Gasteiger partial charge in [0, 0.05) is 19.0 Å². The van der Waals surface area contributed by atoms with E-state index in [9.17, 15) is 4.39 Å². The summed E-state index contributed by atoms with van der Waals surface area (Å²) in [6, 6.07) is 15.4. The van der Waals surface area contributed by atoms with Crippen molar-refractivity contribution >= 4 is 0 Å². The van der Waals surface area contributed by atoms with Crippen molar-refractivity contribution in [2.45, 2.75) is 18.9 Å². The molecule has 0 aliphatic carbocycles. The van der Waals surface area contributed by atoms with Crippen molar-refractivity contribution in [2.75, 3.05) is 6.54 Å². The number of hydrogen-bond acceptors (Lipinski definition) is 1. The van der Waals surface area contributed by atoms with E-state index in [2.05, 4.69) is 29.6 Å². The second-order valence-corrected chi connectivity index (χ2v) is 4.85. The van der Waals surface area contributed by atoms with Crippen LogP contribution >= 0.6 is 0 Å². The van der Waals surface area contributed by atoms with Gasteiger partial charge in [-0.3, -0.25) is 0 Å². The van der Waals surface area contributed by atoms with Crippen LogP contribution in [0.4, 0.5) is 4.39 Å². The van der Waals surface area contributed by atoms with Crippen LogP contribution in [0.2, 0.25) is 0 Å². The van der Waals surface area contributed by atoms with Crippen molar-refractivity contribution in [1.29, 1.82) is 0 Å². The van der Waals surface area contributed by atoms with Crippen molar-refractivity contribution in [2.24, 2.45) is 0 Å². The van der Waals surface area contributed by atoms with Gasteiger partial charge in [0.15, 0.2) is 0 Å². The monoisotopic (exact) mass is 241 g/mol. The molecule has 0 bridgehead atoms. The third-order valence-electron chi connectivity index (χ3n) is 3.63. The van der Waals surface area contributed by atoms with Crippen molar-refractivity contribution in [3.8, 4) is 0 Å². The van der Waals surface area contributed by atoms with Gasteiger partial charge in [-0.25, -0.2) is 4.39 Å². The molecular weight excluding hydrogens is 225 g/mol. The standard InChI is InChI=1S/C16H16FN/c17-16-7-5-12(6-8-16)15-9-13-3-1-2-4-14(13)10-18-11-15/h1-8,15,18H,9-11H2/t15-/m0/s1. The first-order chi connectivity index (χ1) is 8.83. The molecule has 0 amide bonds. The van der Waals surface area contributed by atoms with E-state index >= 15 is 0 Å². The largest absolute Gasteiger partial charge is 0.312 e. The van der Waals surface area contributed by atoms with Gasteiger partial charge in [-0.15, -0.1) is 0 Å². The fourth-order valence-corrected chi connectivity index (χ4v) is 2.62. The fourth-order valence-electron chi connectivity index (χ4n) is 2.62. The van der Waals surface area contributed by atoms with E-state index in [0.29, 0.717) is 5.92 Å². The Hall–Kier alpha value is -1.67. The van der Waals surface area contributed by atoms with Gasteiger partial charge < -0.3 is 5.32 Å². The maximum absolute atomic E-state index is 13.0. The Balaban J connectivity index is 1.89. The first-order valence-corrected chi connectivity index (χ1v) is 6.36. The van der Waals surface area contributed by atoms with E-state index in [-0.39, 0.29) is 5.82 Å². The molecule has 0 saturated heterocycles. The Kier molecular flexibility index (Phi) is 3.11. The summed E-state index contributed by atoms with van der Waals surface area (Å²) in [5.41, 5.74) is 3.99. The first-order valence-electron chi connectivity index (χ1n) is 6.36. The highest BCUT2D eigenvalue weighted by Crippen LogP contribution is 2.25. The average Bonchev–Trinajstić information content (AvgIpc) is 2.61. The highest BCUT2D eigenvalue weighted by molar-refractivity contribution is 5.32. The number of rotatable bonds is 1. The summed E-state index contributed by atoms with van der Waals surface area (Å²) in [4.78, 5) is 0. The normalized spacial score (nSPS) is 19.1. The minimum atomic E-state index is -0.166. The first kappa shape index (κ1) is 11.4. The lowest BCUT2D eigenvalue weighted by Gasteiger charge is -2.15. The molecule has 2 heteroatoms. The summed E-state index contributed by atoms with van der Waals surface area (Å²) in [5, 5.41) is 3.47. The molecule has 0 aromatic heterocycles. The molecule has 2 aromatic rings. The maximum Gasteiger partial charge on any atom is 0.123 e. The second kappa shape index (κ2) is 4.91. The van der Waals surface area contributed by atoms with E-state index < -0.39 is 0 Å². The van der Waals surface area contributed by atoms with E-state index in [0.717, 1.165) is 19.5 Å². The number of hydrogen-bond donors (Lipinski definition) is 1. The molecule has 1 atom stereocenters. The Morgan fingerprint density at radius 3 is 2.44 bits per heavy atom. The Morgan fingerprint density at radius 1 is 0.944 bits per heavy atom. The molecule has 0 spiro atoms. The SMILES string of the molecule is Fc1ccc([C@@H]2CNCc3ccccc3C2)cc1. The predicted molar refractivity (Wildman–Crippen MR) is 71.0 cm³/mol. The van der Waals surface area contributed by atoms with Crippen molar-refractivity contribution in [1.82, 2.24) is 5.32 Å². The van der Waals surface area contributed by atoms with E-state index in [4.69, 9.17) is 0 Å². The summed E-state index contributed by atoms with van der Waals surface area (Å²) < 4.78 is 13.0. The predicted octanol–water partition coefficient (Wildman–Crippen LogP) is 3.26. The fraction of sp³-hybridized carbons (Fsp3) is 0.250. The molecule has 0 fully saturated rings. The van der Waals surface area contributed by atoms with Gasteiger partial charge in [0.2, 0.25) is 0 Å². The molecule has 1 nitrogen and oxygen atoms in total. The highest BCUT2D eigenvalue weighted by Gasteiger charge is 2.17. The zero-order chi connectivity index (χ0) is 12.4. The van der Waals surface area contributed by atoms with Crippen LogP contribution < -0.4 is 5.32 Å². The summed E-state index contributed by atoms with van der Waals surface area (Å²) in [5.74, 6) is 0.259. The zero-order valence-corrected chi connectivity index (χ0v) is 10.2. The quantitative estimate of drug-likeness (QED) is 0.808. The topological polar surface area (TPSA) is 12.0 Å². The van der Waals surface area contributed by atoms with Crippen LogP contribution in [-0.4, -0.2) is 6.54 Å². The summed E-state index contributed by atoms with van der Waals surface area (Å²) in [7, 11) is 0. The molecule has 92 valence electrons. The summed E-state index contributed by atoms with van der Waals surface area (Å²) >= 11 is 0. The Labute approximate surface area is 107 Å². The third kappa shape index (κ3) is 2.29. The average molecular weight is 241 g/mol. The number of nitrogens with one attached hydrogen (secondary N) is 1. The van der Waals surface area contributed by atoms with Crippen LogP contribution in [0, 0.1) is 5.82 Å². The maximum atomic E-state index is 13.0. The highest BCUT2D eigenvalue weighted by atomic mass is 19.1. The molecule has 18 heavy (non-hydrogen) atoms. The Bertz CT molecular complexity index is 533. The van der Waals surface area contributed by atoms with Gasteiger partial charge in [-0.05, 0) is 35.2 Å². The molecule has 0 saturated carbocycles. The lowest BCUT2D eigenvalue weighted by atomic mass is 9.91. The lowest BCUT2D eigenvalue weighted by molar-refractivity contribution is 0.600. The van der Waals surface area contributed by atoms with Crippen molar-refractivity contribution in [3.63, 3.8) is 0 Å². The van der Waals surface area contributed by atoms with Crippen LogP contribution in [0.1, 0.15) is 22.6 Å². The summed E-state index contributed by atoms with van der Waals surface area (Å²) in [6.45, 7) is 1.87. The van der Waals surface area contributed by atoms with Gasteiger partial charge in [0.1, 0.15) is 5.82 Å². The molecule has 1 aliphatic heterocycles. The van der Waals surface area contributed by atoms with Gasteiger partial charge >= 0.3 is 0 Å². The number of fused-ring (bicyclic) bond motifs is 1. The summed E-state index contributed by atoms with van der Waals surface area (Å²) in [6.07, 6.45) is 1.02. The number of benzene rings is 2. The van der Waals surface area contributed by atoms with Gasteiger partial charge in [-0.2, -0.15) is 0 Å². The molecule has 1 heterocycles. The molecule has 0 unspecified atom stereocenters. The molecular formula is C16H16FN. The van der Waals surface area contributed by atoms with Crippen molar-refractivity contribution in [3.05, 3.63) is 71.0 Å². The minimum absolute atomic E-state index is 0.166. The molecule has 1 N–H and O–H groups in total. The Morgan fingerprint density at radius 2 is 1.67 bits per heavy atom. The molecule has 2 aromatic carbocycles. The molecule has 1 aliphatic rings. The van der Waals surface area contributed by atoms with Crippen LogP contribution in [0.5, 0.6) is 0 Å². The van der Waals surface area contributed by atoms with Crippen molar-refractivity contribution < 1.29 is 4.39 Å². The molecule has 3 rings (SSSR count). The van der Waals surface area contributed by atoms with Crippen LogP contribution in [0.15, 0.2) is 48.5 Å². The smallest absolute Gasteiger partial charge is 0.123 e. The molecule has 0 radical (unpaired) electrons. The number of halogens is 1. The van der Waals surface area contributed by atoms with E-state index in [1.165, 1.54) is 16.7 Å². The van der Waals surface area contributed by atoms with Gasteiger partial charge in [0.25, 0.3) is 0 Å². The van der Waals surface area contributed by atoms with Gasteiger partial charge in [0.05, 0.1) is 0 Å². The minimum Gasteiger partial charge on any atom is -0.312 e. The zero-order valence-electron chi connectivity index (χ0n) is 10.2. The van der Waals surface area contributed by atoms with E-state index in [1.807, 2.05) is 12.1 Å². The van der Waals surface area contributed by atoms with Crippen LogP contribution in [0.25, 0.3) is 0 Å². The van der Waals surface area contributed by atoms with Crippen LogP contribution in [0.3, 0.4) is 0 Å². The van der Waals surface area contributed by atoms with Crippen LogP contribution in [-0.2, 0) is 13.0 Å². The lowest BCUT2D eigenvalue weighted by Crippen LogP contribution is -2.19. The van der Waals surface area contributed by atoms with E-state index in [1.54, 1.807) is 12.1 Å². The second-order valence-electron chi connectivity index (χ2n) is 4.85.